The monoisotopic (exact) mass is 450 g/mol. The molecule has 0 N–H and O–H groups in total. The van der Waals surface area contributed by atoms with Gasteiger partial charge in [0, 0.05) is 36.4 Å². The third-order valence-electron chi connectivity index (χ3n) is 6.68. The second-order valence-electron chi connectivity index (χ2n) is 9.09. The van der Waals surface area contributed by atoms with Crippen molar-refractivity contribution in [1.82, 2.24) is 19.6 Å². The summed E-state index contributed by atoms with van der Waals surface area (Å²) < 4.78 is 1.71. The van der Waals surface area contributed by atoms with Crippen molar-refractivity contribution < 1.29 is 4.79 Å². The van der Waals surface area contributed by atoms with Crippen LogP contribution in [0.25, 0.3) is 0 Å². The number of carbonyl (C=O) groups is 1. The zero-order chi connectivity index (χ0) is 22.7. The molecule has 1 aromatic carbocycles. The fraction of sp³-hybridized carbons (Fsp3) is 0.462. The molecule has 2 aromatic heterocycles. The molecular formula is C26H34N4OS. The Kier molecular flexibility index (Phi) is 7.11. The number of hydrogen-bond donors (Lipinski definition) is 0. The molecule has 1 aliphatic heterocycles. The summed E-state index contributed by atoms with van der Waals surface area (Å²) in [5.74, 6) is 0.547. The number of piperidine rings is 1. The summed E-state index contributed by atoms with van der Waals surface area (Å²) >= 11 is 1.90. The lowest BCUT2D eigenvalue weighted by atomic mass is 9.84. The van der Waals surface area contributed by atoms with Gasteiger partial charge >= 0.3 is 0 Å². The number of aryl methyl sites for hydroxylation is 3. The maximum absolute atomic E-state index is 13.4. The minimum absolute atomic E-state index is 0.0607. The maximum Gasteiger partial charge on any atom is 0.272 e. The van der Waals surface area contributed by atoms with Gasteiger partial charge in [-0.05, 0) is 75.9 Å². The maximum atomic E-state index is 13.4. The van der Waals surface area contributed by atoms with E-state index in [4.69, 9.17) is 0 Å². The molecule has 0 bridgehead atoms. The Balaban J connectivity index is 1.48. The van der Waals surface area contributed by atoms with Gasteiger partial charge in [-0.2, -0.15) is 5.10 Å². The molecule has 0 aliphatic carbocycles. The Morgan fingerprint density at radius 1 is 1.16 bits per heavy atom. The Labute approximate surface area is 195 Å². The minimum atomic E-state index is 0.0607. The molecule has 0 saturated carbocycles. The van der Waals surface area contributed by atoms with Crippen LogP contribution in [-0.4, -0.2) is 51.7 Å². The Morgan fingerprint density at radius 3 is 2.47 bits per heavy atom. The molecule has 1 aliphatic rings. The van der Waals surface area contributed by atoms with E-state index in [2.05, 4.69) is 59.4 Å². The summed E-state index contributed by atoms with van der Waals surface area (Å²) in [5.41, 5.74) is 2.82. The summed E-state index contributed by atoms with van der Waals surface area (Å²) in [5, 5.41) is 4.39. The van der Waals surface area contributed by atoms with E-state index in [1.54, 1.807) is 4.68 Å². The highest BCUT2D eigenvalue weighted by Crippen LogP contribution is 2.29. The van der Waals surface area contributed by atoms with Crippen molar-refractivity contribution in [2.75, 3.05) is 20.1 Å². The van der Waals surface area contributed by atoms with Gasteiger partial charge in [0.05, 0.1) is 5.69 Å². The summed E-state index contributed by atoms with van der Waals surface area (Å²) in [4.78, 5) is 20.8. The molecule has 0 radical (unpaired) electrons. The first kappa shape index (κ1) is 22.7. The summed E-state index contributed by atoms with van der Waals surface area (Å²) in [6.45, 7) is 7.31. The molecule has 1 amide bonds. The average Bonchev–Trinajstić information content (AvgIpc) is 3.36. The fourth-order valence-corrected chi connectivity index (χ4v) is 5.84. The molecule has 5 nitrogen and oxygen atoms in total. The van der Waals surface area contributed by atoms with Crippen LogP contribution in [0.1, 0.15) is 44.3 Å². The van der Waals surface area contributed by atoms with Crippen LogP contribution in [0, 0.1) is 19.8 Å². The third-order valence-corrected chi connectivity index (χ3v) is 7.66. The molecular weight excluding hydrogens is 416 g/mol. The number of nitrogens with zero attached hydrogens (tertiary/aromatic N) is 4. The molecule has 0 spiro atoms. The number of carbonyl (C=O) groups excluding carboxylic acids is 1. The van der Waals surface area contributed by atoms with E-state index in [1.807, 2.05) is 43.3 Å². The van der Waals surface area contributed by atoms with Crippen molar-refractivity contribution in [3.05, 3.63) is 75.2 Å². The molecule has 3 aromatic rings. The summed E-state index contributed by atoms with van der Waals surface area (Å²) in [6, 6.07) is 17.1. The van der Waals surface area contributed by atoms with E-state index in [9.17, 15) is 4.79 Å². The Morgan fingerprint density at radius 2 is 1.88 bits per heavy atom. The smallest absolute Gasteiger partial charge is 0.272 e. The highest BCUT2D eigenvalue weighted by Gasteiger charge is 2.33. The highest BCUT2D eigenvalue weighted by molar-refractivity contribution is 7.11. The zero-order valence-corrected chi connectivity index (χ0v) is 20.4. The first-order valence-electron chi connectivity index (χ1n) is 11.5. The number of amides is 1. The summed E-state index contributed by atoms with van der Waals surface area (Å²) in [6.07, 6.45) is 3.11. The number of aromatic nitrogens is 2. The van der Waals surface area contributed by atoms with E-state index in [-0.39, 0.29) is 11.9 Å². The quantitative estimate of drug-likeness (QED) is 0.524. The molecule has 1 saturated heterocycles. The minimum Gasteiger partial charge on any atom is -0.337 e. The first-order valence-corrected chi connectivity index (χ1v) is 12.3. The molecule has 1 fully saturated rings. The molecule has 170 valence electrons. The van der Waals surface area contributed by atoms with Gasteiger partial charge in [0.2, 0.25) is 0 Å². The van der Waals surface area contributed by atoms with Gasteiger partial charge < -0.3 is 4.90 Å². The van der Waals surface area contributed by atoms with Crippen molar-refractivity contribution >= 4 is 17.2 Å². The van der Waals surface area contributed by atoms with Gasteiger partial charge in [-0.3, -0.25) is 14.4 Å². The molecule has 3 heterocycles. The van der Waals surface area contributed by atoms with Crippen LogP contribution in [0.3, 0.4) is 0 Å². The Bertz CT molecular complexity index is 1030. The van der Waals surface area contributed by atoms with Crippen LogP contribution in [0.4, 0.5) is 0 Å². The lowest BCUT2D eigenvalue weighted by molar-refractivity contribution is 0.0575. The fourth-order valence-electron chi connectivity index (χ4n) is 4.90. The number of thiophene rings is 1. The standard InChI is InChI=1S/C26H34N4OS/c1-19-16-25(29(4)27-19)26(31)28(3)24(17-21-8-6-5-7-9-21)22-12-14-30(15-13-22)18-23-11-10-20(2)32-23/h5-11,16,22,24H,12-15,17-18H2,1-4H3/t24-/m1/s1. The van der Waals surface area contributed by atoms with E-state index in [0.29, 0.717) is 11.6 Å². The normalized spacial score (nSPS) is 16.2. The Hall–Kier alpha value is -2.44. The van der Waals surface area contributed by atoms with Gasteiger partial charge in [0.15, 0.2) is 0 Å². The van der Waals surface area contributed by atoms with Crippen molar-refractivity contribution in [1.29, 1.82) is 0 Å². The van der Waals surface area contributed by atoms with Gasteiger partial charge in [0.25, 0.3) is 5.91 Å². The highest BCUT2D eigenvalue weighted by atomic mass is 32.1. The van der Waals surface area contributed by atoms with Crippen LogP contribution < -0.4 is 0 Å². The van der Waals surface area contributed by atoms with Gasteiger partial charge in [0.1, 0.15) is 5.69 Å². The molecule has 1 atom stereocenters. The second-order valence-corrected chi connectivity index (χ2v) is 10.5. The number of likely N-dealkylation sites (N-methyl/N-ethyl adjacent to an activating group) is 1. The van der Waals surface area contributed by atoms with Crippen molar-refractivity contribution in [2.45, 2.75) is 45.7 Å². The third kappa shape index (κ3) is 5.30. The first-order chi connectivity index (χ1) is 15.4. The van der Waals surface area contributed by atoms with E-state index in [0.717, 1.165) is 44.6 Å². The lowest BCUT2D eigenvalue weighted by Gasteiger charge is -2.40. The van der Waals surface area contributed by atoms with Gasteiger partial charge in [-0.15, -0.1) is 11.3 Å². The number of likely N-dealkylation sites (tertiary alicyclic amines) is 1. The van der Waals surface area contributed by atoms with Crippen molar-refractivity contribution in [3.63, 3.8) is 0 Å². The van der Waals surface area contributed by atoms with Crippen LogP contribution >= 0.6 is 11.3 Å². The number of hydrogen-bond acceptors (Lipinski definition) is 4. The molecule has 6 heteroatoms. The molecule has 0 unspecified atom stereocenters. The second kappa shape index (κ2) is 10.0. The number of rotatable bonds is 7. The lowest BCUT2D eigenvalue weighted by Crippen LogP contribution is -2.47. The zero-order valence-electron chi connectivity index (χ0n) is 19.6. The van der Waals surface area contributed by atoms with Crippen molar-refractivity contribution in [3.8, 4) is 0 Å². The van der Waals surface area contributed by atoms with Crippen molar-refractivity contribution in [2.24, 2.45) is 13.0 Å². The molecule has 4 rings (SSSR count). The SMILES string of the molecule is Cc1cc(C(=O)N(C)[C@H](Cc2ccccc2)C2CCN(Cc3ccc(C)s3)CC2)n(C)n1. The van der Waals surface area contributed by atoms with E-state index < -0.39 is 0 Å². The van der Waals surface area contributed by atoms with Crippen LogP contribution in [0.15, 0.2) is 48.5 Å². The van der Waals surface area contributed by atoms with E-state index in [1.165, 1.54) is 15.3 Å². The summed E-state index contributed by atoms with van der Waals surface area (Å²) in [7, 11) is 3.82. The van der Waals surface area contributed by atoms with Crippen LogP contribution in [-0.2, 0) is 20.0 Å². The molecule has 32 heavy (non-hydrogen) atoms. The van der Waals surface area contributed by atoms with Gasteiger partial charge in [-0.1, -0.05) is 30.3 Å². The predicted molar refractivity (Wildman–Crippen MR) is 131 cm³/mol. The van der Waals surface area contributed by atoms with E-state index >= 15 is 0 Å². The van der Waals surface area contributed by atoms with Crippen LogP contribution in [0.2, 0.25) is 0 Å². The van der Waals surface area contributed by atoms with Gasteiger partial charge in [-0.25, -0.2) is 0 Å². The number of benzene rings is 1. The predicted octanol–water partition coefficient (Wildman–Crippen LogP) is 4.69. The average molecular weight is 451 g/mol. The van der Waals surface area contributed by atoms with Crippen LogP contribution in [0.5, 0.6) is 0 Å². The largest absolute Gasteiger partial charge is 0.337 e. The topological polar surface area (TPSA) is 41.4 Å².